The van der Waals surface area contributed by atoms with Crippen LogP contribution in [-0.2, 0) is 16.4 Å². The van der Waals surface area contributed by atoms with E-state index in [1.54, 1.807) is 29.3 Å². The van der Waals surface area contributed by atoms with Gasteiger partial charge in [-0.1, -0.05) is 66.7 Å². The zero-order valence-electron chi connectivity index (χ0n) is 22.1. The first-order valence-corrected chi connectivity index (χ1v) is 14.7. The summed E-state index contributed by atoms with van der Waals surface area (Å²) in [6.45, 7) is 0.186. The first-order valence-electron chi connectivity index (χ1n) is 13.1. The lowest BCUT2D eigenvalue weighted by Crippen LogP contribution is -2.44. The molecule has 6 rings (SSSR count). The third kappa shape index (κ3) is 5.25. The van der Waals surface area contributed by atoms with Gasteiger partial charge in [0.15, 0.2) is 0 Å². The zero-order valence-corrected chi connectivity index (χ0v) is 22.9. The van der Waals surface area contributed by atoms with Crippen molar-refractivity contribution in [2.24, 2.45) is 5.14 Å². The van der Waals surface area contributed by atoms with Gasteiger partial charge in [0.25, 0.3) is 5.91 Å². The second-order valence-electron chi connectivity index (χ2n) is 10.1. The summed E-state index contributed by atoms with van der Waals surface area (Å²) in [7, 11) is -3.94. The van der Waals surface area contributed by atoms with Gasteiger partial charge in [-0.3, -0.25) is 4.79 Å². The van der Waals surface area contributed by atoms with Crippen molar-refractivity contribution in [1.29, 1.82) is 0 Å². The number of primary sulfonamides is 1. The van der Waals surface area contributed by atoms with Gasteiger partial charge in [-0.2, -0.15) is 0 Å². The first-order chi connectivity index (χ1) is 19.8. The molecular formula is C32H28N4O4S. The summed E-state index contributed by atoms with van der Waals surface area (Å²) in [6.07, 6.45) is 2.18. The van der Waals surface area contributed by atoms with Gasteiger partial charge >= 0.3 is 0 Å². The van der Waals surface area contributed by atoms with Crippen LogP contribution in [0.4, 0.5) is 5.82 Å². The fourth-order valence-electron chi connectivity index (χ4n) is 5.49. The van der Waals surface area contributed by atoms with E-state index in [1.807, 2.05) is 78.9 Å². The highest BCUT2D eigenvalue weighted by Gasteiger charge is 2.42. The standard InChI is InChI=1S/C32H28N4O4S/c33-31-29-19-25(14-13-22(29)15-16-35-31)40-20-24(17-21-7-2-1-3-8-21)36-30(27-11-4-5-12-28(27)32(36)37)23-9-6-10-26(18-23)41(34,38)39/h1-16,18-19,24,30H,17,20H2,(H2,33,35)(H2,34,38,39). The molecule has 5 aromatic rings. The molecule has 0 radical (unpaired) electrons. The number of anilines is 1. The van der Waals surface area contributed by atoms with Gasteiger partial charge in [0.1, 0.15) is 18.2 Å². The molecule has 0 aliphatic carbocycles. The molecule has 0 saturated heterocycles. The van der Waals surface area contributed by atoms with Crippen LogP contribution in [0.15, 0.2) is 114 Å². The van der Waals surface area contributed by atoms with Gasteiger partial charge in [0.2, 0.25) is 10.0 Å². The van der Waals surface area contributed by atoms with E-state index >= 15 is 0 Å². The lowest BCUT2D eigenvalue weighted by molar-refractivity contribution is 0.0587. The van der Waals surface area contributed by atoms with Crippen LogP contribution >= 0.6 is 0 Å². The lowest BCUT2D eigenvalue weighted by Gasteiger charge is -2.34. The average Bonchev–Trinajstić information content (AvgIpc) is 3.28. The van der Waals surface area contributed by atoms with Gasteiger partial charge in [0, 0.05) is 17.1 Å². The third-order valence-electron chi connectivity index (χ3n) is 7.42. The van der Waals surface area contributed by atoms with Crippen molar-refractivity contribution in [3.63, 3.8) is 0 Å². The van der Waals surface area contributed by atoms with E-state index in [1.165, 1.54) is 6.07 Å². The quantitative estimate of drug-likeness (QED) is 0.281. The van der Waals surface area contributed by atoms with Crippen molar-refractivity contribution in [3.8, 4) is 5.75 Å². The Morgan fingerprint density at radius 1 is 0.902 bits per heavy atom. The smallest absolute Gasteiger partial charge is 0.255 e. The van der Waals surface area contributed by atoms with E-state index in [9.17, 15) is 13.2 Å². The number of nitrogens with two attached hydrogens (primary N) is 2. The number of fused-ring (bicyclic) bond motifs is 2. The Balaban J connectivity index is 1.41. The number of pyridine rings is 1. The number of amides is 1. The molecule has 2 atom stereocenters. The van der Waals surface area contributed by atoms with Gasteiger partial charge in [0.05, 0.1) is 17.0 Å². The Labute approximate surface area is 238 Å². The summed E-state index contributed by atoms with van der Waals surface area (Å²) >= 11 is 0. The Hall–Kier alpha value is -4.73. The number of nitrogen functional groups attached to an aromatic ring is 1. The molecule has 0 spiro atoms. The molecule has 9 heteroatoms. The molecule has 1 aliphatic heterocycles. The molecule has 0 saturated carbocycles. The van der Waals surface area contributed by atoms with Crippen LogP contribution in [0, 0.1) is 0 Å². The highest BCUT2D eigenvalue weighted by molar-refractivity contribution is 7.89. The number of rotatable bonds is 8. The van der Waals surface area contributed by atoms with Crippen LogP contribution in [0.5, 0.6) is 5.75 Å². The molecule has 0 bridgehead atoms. The Morgan fingerprint density at radius 3 is 2.49 bits per heavy atom. The summed E-state index contributed by atoms with van der Waals surface area (Å²) in [5.74, 6) is 0.865. The van der Waals surface area contributed by atoms with Crippen LogP contribution in [-0.4, -0.2) is 36.9 Å². The number of hydrogen-bond acceptors (Lipinski definition) is 6. The van der Waals surface area contributed by atoms with Crippen LogP contribution < -0.4 is 15.6 Å². The maximum atomic E-state index is 14.0. The summed E-state index contributed by atoms with van der Waals surface area (Å²) in [5.41, 5.74) is 9.16. The Bertz CT molecular complexity index is 1860. The molecule has 2 heterocycles. The van der Waals surface area contributed by atoms with Crippen LogP contribution in [0.2, 0.25) is 0 Å². The van der Waals surface area contributed by atoms with Crippen molar-refractivity contribution < 1.29 is 17.9 Å². The van der Waals surface area contributed by atoms with E-state index in [2.05, 4.69) is 4.98 Å². The van der Waals surface area contributed by atoms with Crippen molar-refractivity contribution in [2.45, 2.75) is 23.4 Å². The number of carbonyl (C=O) groups excluding carboxylic acids is 1. The molecular weight excluding hydrogens is 536 g/mol. The number of carbonyl (C=O) groups is 1. The highest BCUT2D eigenvalue weighted by Crippen LogP contribution is 2.41. The number of sulfonamides is 1. The van der Waals surface area contributed by atoms with E-state index < -0.39 is 22.1 Å². The zero-order chi connectivity index (χ0) is 28.6. The molecule has 206 valence electrons. The highest BCUT2D eigenvalue weighted by atomic mass is 32.2. The minimum absolute atomic E-state index is 0.00926. The van der Waals surface area contributed by atoms with Crippen molar-refractivity contribution in [3.05, 3.63) is 132 Å². The van der Waals surface area contributed by atoms with E-state index in [0.29, 0.717) is 29.1 Å². The number of aromatic nitrogens is 1. The predicted molar refractivity (Wildman–Crippen MR) is 158 cm³/mol. The second-order valence-corrected chi connectivity index (χ2v) is 11.6. The van der Waals surface area contributed by atoms with Gasteiger partial charge in [-0.05, 0) is 64.9 Å². The number of hydrogen-bond donors (Lipinski definition) is 2. The number of benzene rings is 4. The topological polar surface area (TPSA) is 129 Å². The summed E-state index contributed by atoms with van der Waals surface area (Å²) in [6, 6.07) is 30.4. The van der Waals surface area contributed by atoms with E-state index in [0.717, 1.165) is 21.9 Å². The lowest BCUT2D eigenvalue weighted by atomic mass is 9.96. The average molecular weight is 565 g/mol. The van der Waals surface area contributed by atoms with Crippen molar-refractivity contribution in [2.75, 3.05) is 12.3 Å². The Morgan fingerprint density at radius 2 is 1.68 bits per heavy atom. The molecule has 4 aromatic carbocycles. The summed E-state index contributed by atoms with van der Waals surface area (Å²) in [4.78, 5) is 20.0. The monoisotopic (exact) mass is 564 g/mol. The van der Waals surface area contributed by atoms with E-state index in [-0.39, 0.29) is 17.4 Å². The molecule has 8 nitrogen and oxygen atoms in total. The fraction of sp³-hybridized carbons (Fsp3) is 0.125. The molecule has 2 unspecified atom stereocenters. The summed E-state index contributed by atoms with van der Waals surface area (Å²) < 4.78 is 30.7. The Kier molecular flexibility index (Phi) is 6.90. The molecule has 41 heavy (non-hydrogen) atoms. The third-order valence-corrected chi connectivity index (χ3v) is 8.33. The van der Waals surface area contributed by atoms with Crippen molar-refractivity contribution in [1.82, 2.24) is 9.88 Å². The fourth-order valence-corrected chi connectivity index (χ4v) is 6.06. The predicted octanol–water partition coefficient (Wildman–Crippen LogP) is 4.70. The minimum Gasteiger partial charge on any atom is -0.491 e. The van der Waals surface area contributed by atoms with Crippen molar-refractivity contribution >= 4 is 32.5 Å². The molecule has 0 fully saturated rings. The molecule has 1 aliphatic rings. The summed E-state index contributed by atoms with van der Waals surface area (Å²) in [5, 5.41) is 7.20. The maximum absolute atomic E-state index is 14.0. The normalized spacial score (nSPS) is 15.6. The maximum Gasteiger partial charge on any atom is 0.255 e. The van der Waals surface area contributed by atoms with Gasteiger partial charge < -0.3 is 15.4 Å². The van der Waals surface area contributed by atoms with Gasteiger partial charge in [-0.25, -0.2) is 18.5 Å². The van der Waals surface area contributed by atoms with E-state index in [4.69, 9.17) is 15.6 Å². The second kappa shape index (κ2) is 10.7. The molecule has 1 aromatic heterocycles. The first kappa shape index (κ1) is 26.5. The SMILES string of the molecule is Nc1nccc2ccc(OCC(Cc3ccccc3)N3C(=O)c4ccccc4C3c3cccc(S(N)(=O)=O)c3)cc12. The minimum atomic E-state index is -3.94. The number of ether oxygens (including phenoxy) is 1. The number of nitrogens with zero attached hydrogens (tertiary/aromatic N) is 2. The molecule has 4 N–H and O–H groups in total. The largest absolute Gasteiger partial charge is 0.491 e. The van der Waals surface area contributed by atoms with Crippen LogP contribution in [0.25, 0.3) is 10.8 Å². The van der Waals surface area contributed by atoms with Gasteiger partial charge in [-0.15, -0.1) is 0 Å². The molecule has 1 amide bonds. The van der Waals surface area contributed by atoms with Crippen LogP contribution in [0.1, 0.15) is 33.1 Å². The van der Waals surface area contributed by atoms with Crippen LogP contribution in [0.3, 0.4) is 0 Å².